The number of carbonyl (C=O) groups is 4. The third-order valence-corrected chi connectivity index (χ3v) is 5.95. The molecule has 0 radical (unpaired) electrons. The van der Waals surface area contributed by atoms with Crippen LogP contribution in [0.5, 0.6) is 11.5 Å². The molecule has 0 spiro atoms. The van der Waals surface area contributed by atoms with Crippen molar-refractivity contribution in [1.29, 1.82) is 0 Å². The minimum atomic E-state index is -1.04. The molecule has 2 unspecified atom stereocenters. The van der Waals surface area contributed by atoms with Crippen molar-refractivity contribution < 1.29 is 42.9 Å². The van der Waals surface area contributed by atoms with Crippen LogP contribution in [0.15, 0.2) is 18.2 Å². The Balaban J connectivity index is 2.98. The maximum atomic E-state index is 12.6. The minimum absolute atomic E-state index is 0.0426. The standard InChI is InChI=1S/C27H41NO9/c1-9-33-27(32)35-17(6)14-34-26(31)21(28)12-20-10-11-22(36-24(29)18(7)15(2)3)23(13-20)37-25(30)19(8)16(4)5/h10-11,13,15-19,21H,9,12,14,28H2,1-8H3/t17-,18?,19?,21-/m0/s1. The fourth-order valence-corrected chi connectivity index (χ4v) is 2.78. The van der Waals surface area contributed by atoms with E-state index in [1.165, 1.54) is 12.1 Å². The minimum Gasteiger partial charge on any atom is -0.461 e. The van der Waals surface area contributed by atoms with Gasteiger partial charge in [-0.3, -0.25) is 14.4 Å². The van der Waals surface area contributed by atoms with Gasteiger partial charge in [0, 0.05) is 0 Å². The lowest BCUT2D eigenvalue weighted by molar-refractivity contribution is -0.148. The highest BCUT2D eigenvalue weighted by molar-refractivity contribution is 5.79. The van der Waals surface area contributed by atoms with Crippen LogP contribution in [0, 0.1) is 23.7 Å². The van der Waals surface area contributed by atoms with Gasteiger partial charge in [-0.05, 0) is 49.8 Å². The summed E-state index contributed by atoms with van der Waals surface area (Å²) in [6.45, 7) is 14.3. The van der Waals surface area contributed by atoms with E-state index in [9.17, 15) is 19.2 Å². The van der Waals surface area contributed by atoms with E-state index in [2.05, 4.69) is 4.74 Å². The first kappa shape index (κ1) is 31.9. The highest BCUT2D eigenvalue weighted by Crippen LogP contribution is 2.31. The number of hydrogen-bond acceptors (Lipinski definition) is 10. The molecule has 0 saturated carbocycles. The van der Waals surface area contributed by atoms with Crippen molar-refractivity contribution in [2.45, 2.75) is 74.0 Å². The van der Waals surface area contributed by atoms with Gasteiger partial charge in [0.25, 0.3) is 0 Å². The van der Waals surface area contributed by atoms with Crippen LogP contribution in [-0.2, 0) is 35.0 Å². The molecule has 0 aromatic heterocycles. The summed E-state index contributed by atoms with van der Waals surface area (Å²) in [7, 11) is 0. The molecule has 37 heavy (non-hydrogen) atoms. The Morgan fingerprint density at radius 2 is 1.32 bits per heavy atom. The van der Waals surface area contributed by atoms with Crippen molar-refractivity contribution >= 4 is 24.1 Å². The average Bonchev–Trinajstić information content (AvgIpc) is 2.82. The summed E-state index contributed by atoms with van der Waals surface area (Å²) in [5.74, 6) is -2.10. The number of esters is 3. The predicted molar refractivity (Wildman–Crippen MR) is 136 cm³/mol. The predicted octanol–water partition coefficient (Wildman–Crippen LogP) is 4.06. The molecule has 0 aliphatic rings. The third-order valence-electron chi connectivity index (χ3n) is 5.95. The van der Waals surface area contributed by atoms with Crippen LogP contribution in [0.2, 0.25) is 0 Å². The van der Waals surface area contributed by atoms with E-state index in [1.54, 1.807) is 33.8 Å². The van der Waals surface area contributed by atoms with Gasteiger partial charge in [0.15, 0.2) is 11.5 Å². The molecule has 0 aliphatic carbocycles. The van der Waals surface area contributed by atoms with Crippen molar-refractivity contribution in [2.24, 2.45) is 29.4 Å². The van der Waals surface area contributed by atoms with Crippen LogP contribution in [0.1, 0.15) is 61.0 Å². The normalized spacial score (nSPS) is 14.4. The van der Waals surface area contributed by atoms with E-state index in [-0.39, 0.29) is 48.9 Å². The van der Waals surface area contributed by atoms with Gasteiger partial charge < -0.3 is 29.4 Å². The van der Waals surface area contributed by atoms with Crippen molar-refractivity contribution in [3.8, 4) is 11.5 Å². The number of hydrogen-bond donors (Lipinski definition) is 1. The van der Waals surface area contributed by atoms with Crippen LogP contribution < -0.4 is 15.2 Å². The molecule has 4 atom stereocenters. The average molecular weight is 524 g/mol. The molecule has 10 nitrogen and oxygen atoms in total. The summed E-state index contributed by atoms with van der Waals surface area (Å²) in [6, 6.07) is 3.62. The lowest BCUT2D eigenvalue weighted by Gasteiger charge is -2.19. The van der Waals surface area contributed by atoms with Crippen LogP contribution >= 0.6 is 0 Å². The van der Waals surface area contributed by atoms with Gasteiger partial charge in [-0.15, -0.1) is 0 Å². The topological polar surface area (TPSA) is 140 Å². The van der Waals surface area contributed by atoms with Crippen molar-refractivity contribution in [3.05, 3.63) is 23.8 Å². The Hall–Kier alpha value is -3.14. The Labute approximate surface area is 219 Å². The summed E-state index contributed by atoms with van der Waals surface area (Å²) in [5.41, 5.74) is 6.58. The maximum absolute atomic E-state index is 12.6. The third kappa shape index (κ3) is 10.8. The molecule has 2 N–H and O–H groups in total. The molecule has 208 valence electrons. The van der Waals surface area contributed by atoms with Gasteiger partial charge in [-0.1, -0.05) is 47.6 Å². The Morgan fingerprint density at radius 3 is 1.84 bits per heavy atom. The Kier molecular flexibility index (Phi) is 13.1. The van der Waals surface area contributed by atoms with E-state index in [4.69, 9.17) is 24.7 Å². The van der Waals surface area contributed by atoms with Crippen molar-refractivity contribution in [2.75, 3.05) is 13.2 Å². The molecule has 0 aliphatic heterocycles. The molecular weight excluding hydrogens is 482 g/mol. The Bertz CT molecular complexity index is 928. The smallest absolute Gasteiger partial charge is 0.461 e. The van der Waals surface area contributed by atoms with Crippen molar-refractivity contribution in [3.63, 3.8) is 0 Å². The molecule has 0 saturated heterocycles. The molecular formula is C27H41NO9. The van der Waals surface area contributed by atoms with Gasteiger partial charge in [-0.2, -0.15) is 0 Å². The summed E-state index contributed by atoms with van der Waals surface area (Å²) in [4.78, 5) is 48.9. The van der Waals surface area contributed by atoms with Crippen molar-refractivity contribution in [1.82, 2.24) is 0 Å². The van der Waals surface area contributed by atoms with E-state index in [1.807, 2.05) is 27.7 Å². The first-order valence-corrected chi connectivity index (χ1v) is 12.6. The van der Waals surface area contributed by atoms with Crippen LogP contribution in [-0.4, -0.2) is 49.4 Å². The van der Waals surface area contributed by atoms with E-state index in [0.717, 1.165) is 0 Å². The fourth-order valence-electron chi connectivity index (χ4n) is 2.78. The zero-order valence-electron chi connectivity index (χ0n) is 23.1. The highest BCUT2D eigenvalue weighted by atomic mass is 16.7. The first-order chi connectivity index (χ1) is 17.3. The number of ether oxygens (including phenoxy) is 5. The number of carbonyl (C=O) groups excluding carboxylic acids is 4. The lowest BCUT2D eigenvalue weighted by atomic mass is 9.98. The zero-order chi connectivity index (χ0) is 28.3. The van der Waals surface area contributed by atoms with Gasteiger partial charge >= 0.3 is 24.1 Å². The van der Waals surface area contributed by atoms with Gasteiger partial charge in [0.2, 0.25) is 0 Å². The molecule has 1 aromatic rings. The molecule has 0 bridgehead atoms. The van der Waals surface area contributed by atoms with Crippen LogP contribution in [0.3, 0.4) is 0 Å². The van der Waals surface area contributed by atoms with E-state index >= 15 is 0 Å². The molecule has 10 heteroatoms. The molecule has 1 aromatic carbocycles. The molecule has 0 fully saturated rings. The molecule has 0 heterocycles. The summed E-state index contributed by atoms with van der Waals surface area (Å²) < 4.78 is 25.9. The second-order valence-corrected chi connectivity index (χ2v) is 9.74. The number of benzene rings is 1. The maximum Gasteiger partial charge on any atom is 0.508 e. The monoisotopic (exact) mass is 523 g/mol. The SMILES string of the molecule is CCOC(=O)O[C@@H](C)COC(=O)[C@@H](N)Cc1ccc(OC(=O)C(C)C(C)C)c(OC(=O)C(C)C(C)C)c1. The zero-order valence-corrected chi connectivity index (χ0v) is 23.1. The largest absolute Gasteiger partial charge is 0.508 e. The lowest BCUT2D eigenvalue weighted by Crippen LogP contribution is -2.36. The molecule has 1 rings (SSSR count). The number of rotatable bonds is 13. The van der Waals surface area contributed by atoms with Gasteiger partial charge in [0.05, 0.1) is 18.4 Å². The highest BCUT2D eigenvalue weighted by Gasteiger charge is 2.25. The Morgan fingerprint density at radius 1 is 0.784 bits per heavy atom. The summed E-state index contributed by atoms with van der Waals surface area (Å²) >= 11 is 0. The quantitative estimate of drug-likeness (QED) is 0.297. The van der Waals surface area contributed by atoms with Gasteiger partial charge in [0.1, 0.15) is 18.8 Å². The van der Waals surface area contributed by atoms with E-state index in [0.29, 0.717) is 5.56 Å². The number of nitrogens with two attached hydrogens (primary N) is 1. The second-order valence-electron chi connectivity index (χ2n) is 9.74. The van der Waals surface area contributed by atoms with Crippen LogP contribution in [0.25, 0.3) is 0 Å². The summed E-state index contributed by atoms with van der Waals surface area (Å²) in [5, 5.41) is 0. The fraction of sp³-hybridized carbons (Fsp3) is 0.630. The second kappa shape index (κ2) is 15.2. The molecule has 0 amide bonds. The summed E-state index contributed by atoms with van der Waals surface area (Å²) in [6.07, 6.45) is -1.51. The van der Waals surface area contributed by atoms with Gasteiger partial charge in [-0.25, -0.2) is 4.79 Å². The first-order valence-electron chi connectivity index (χ1n) is 12.6. The van der Waals surface area contributed by atoms with Crippen LogP contribution in [0.4, 0.5) is 4.79 Å². The van der Waals surface area contributed by atoms with E-state index < -0.39 is 42.1 Å².